The van der Waals surface area contributed by atoms with Crippen molar-refractivity contribution < 1.29 is 24.0 Å². The van der Waals surface area contributed by atoms with Crippen molar-refractivity contribution in [1.82, 2.24) is 0 Å². The minimum absolute atomic E-state index is 0.319. The number of esters is 1. The lowest BCUT2D eigenvalue weighted by Crippen LogP contribution is -2.17. The summed E-state index contributed by atoms with van der Waals surface area (Å²) in [7, 11) is 3.25. The number of rotatable bonds is 8. The van der Waals surface area contributed by atoms with Gasteiger partial charge in [-0.3, -0.25) is 0 Å². The zero-order chi connectivity index (χ0) is 22.5. The highest BCUT2D eigenvalue weighted by Gasteiger charge is 2.21. The maximum absolute atomic E-state index is 12.6. The first-order valence-electron chi connectivity index (χ1n) is 10.6. The quantitative estimate of drug-likeness (QED) is 0.325. The number of carbonyl (C=O) groups is 1. The molecule has 0 bridgehead atoms. The summed E-state index contributed by atoms with van der Waals surface area (Å²) in [5.41, 5.74) is 3.33. The number of nitrogens with one attached hydrogen (secondary N) is 2. The van der Waals surface area contributed by atoms with Gasteiger partial charge in [0, 0.05) is 6.54 Å². The van der Waals surface area contributed by atoms with Crippen molar-refractivity contribution in [2.75, 3.05) is 32.7 Å². The van der Waals surface area contributed by atoms with Crippen molar-refractivity contribution in [3.63, 3.8) is 0 Å². The molecule has 3 aromatic carbocycles. The maximum atomic E-state index is 12.6. The van der Waals surface area contributed by atoms with E-state index in [9.17, 15) is 4.79 Å². The molecule has 0 aliphatic rings. The van der Waals surface area contributed by atoms with Crippen molar-refractivity contribution in [3.05, 3.63) is 71.9 Å². The van der Waals surface area contributed by atoms with Crippen LogP contribution >= 0.6 is 0 Å². The van der Waals surface area contributed by atoms with Crippen LogP contribution in [0, 0.1) is 0 Å². The van der Waals surface area contributed by atoms with Gasteiger partial charge in [-0.25, -0.2) is 9.78 Å². The van der Waals surface area contributed by atoms with E-state index in [0.29, 0.717) is 30.2 Å². The third-order valence-corrected chi connectivity index (χ3v) is 5.49. The number of aromatic amines is 1. The Labute approximate surface area is 187 Å². The molecule has 0 saturated carbocycles. The van der Waals surface area contributed by atoms with Gasteiger partial charge < -0.3 is 19.5 Å². The summed E-state index contributed by atoms with van der Waals surface area (Å²) in [4.78, 5) is 16.0. The van der Waals surface area contributed by atoms with Crippen LogP contribution in [-0.2, 0) is 11.2 Å². The van der Waals surface area contributed by atoms with E-state index in [0.717, 1.165) is 39.3 Å². The molecule has 0 aliphatic heterocycles. The summed E-state index contributed by atoms with van der Waals surface area (Å²) in [5.74, 6) is 1.04. The number of hydrogen-bond donors (Lipinski definition) is 1. The lowest BCUT2D eigenvalue weighted by atomic mass is 10.0. The molecule has 2 N–H and O–H groups in total. The van der Waals surface area contributed by atoms with E-state index in [4.69, 9.17) is 14.2 Å². The van der Waals surface area contributed by atoms with Crippen LogP contribution in [0.4, 0.5) is 5.69 Å². The molecule has 164 valence electrons. The summed E-state index contributed by atoms with van der Waals surface area (Å²) < 4.78 is 16.0. The number of ether oxygens (including phenoxy) is 3. The second kappa shape index (κ2) is 9.56. The van der Waals surface area contributed by atoms with Crippen LogP contribution in [-0.4, -0.2) is 33.3 Å². The second-order valence-electron chi connectivity index (χ2n) is 7.37. The van der Waals surface area contributed by atoms with Gasteiger partial charge in [-0.1, -0.05) is 30.3 Å². The highest BCUT2D eigenvalue weighted by molar-refractivity contribution is 6.11. The van der Waals surface area contributed by atoms with Crippen LogP contribution in [0.3, 0.4) is 0 Å². The highest BCUT2D eigenvalue weighted by Crippen LogP contribution is 2.31. The molecular formula is C26H27N2O4+. The topological polar surface area (TPSA) is 70.9 Å². The molecule has 0 radical (unpaired) electrons. The average molecular weight is 432 g/mol. The Hall–Kier alpha value is -3.80. The van der Waals surface area contributed by atoms with Crippen molar-refractivity contribution in [2.45, 2.75) is 13.3 Å². The van der Waals surface area contributed by atoms with Crippen LogP contribution in [0.1, 0.15) is 22.8 Å². The Balaban J connectivity index is 1.68. The number of H-pyrrole nitrogens is 1. The standard InChI is InChI=1S/C26H26N2O4/c1-4-32-26(29)21-16-28-24-19-8-6-5-7-18(19)10-11-20(24)25(21)27-14-13-17-9-12-22(30-2)23(15-17)31-3/h5-12,15-16H,4,13-14H2,1-3H3,(H,27,28)/p+1. The summed E-state index contributed by atoms with van der Waals surface area (Å²) in [6.07, 6.45) is 2.47. The molecule has 0 spiro atoms. The average Bonchev–Trinajstić information content (AvgIpc) is 2.83. The molecule has 1 heterocycles. The number of pyridine rings is 1. The second-order valence-corrected chi connectivity index (χ2v) is 7.37. The largest absolute Gasteiger partial charge is 0.493 e. The van der Waals surface area contributed by atoms with Gasteiger partial charge >= 0.3 is 5.97 Å². The van der Waals surface area contributed by atoms with Gasteiger partial charge in [0.2, 0.25) is 5.52 Å². The van der Waals surface area contributed by atoms with E-state index in [1.54, 1.807) is 27.3 Å². The number of fused-ring (bicyclic) bond motifs is 3. The third kappa shape index (κ3) is 4.17. The number of methoxy groups -OCH3 is 2. The summed E-state index contributed by atoms with van der Waals surface area (Å²) in [6.45, 7) is 2.76. The van der Waals surface area contributed by atoms with Crippen molar-refractivity contribution in [1.29, 1.82) is 0 Å². The van der Waals surface area contributed by atoms with E-state index in [-0.39, 0.29) is 5.97 Å². The summed E-state index contributed by atoms with van der Waals surface area (Å²) in [5, 5.41) is 6.66. The normalized spacial score (nSPS) is 10.8. The first-order chi connectivity index (χ1) is 15.7. The van der Waals surface area contributed by atoms with Crippen LogP contribution in [0.25, 0.3) is 21.7 Å². The lowest BCUT2D eigenvalue weighted by molar-refractivity contribution is -0.343. The lowest BCUT2D eigenvalue weighted by Gasteiger charge is -2.13. The number of benzene rings is 3. The van der Waals surface area contributed by atoms with E-state index in [2.05, 4.69) is 28.5 Å². The predicted molar refractivity (Wildman–Crippen MR) is 126 cm³/mol. The fraction of sp³-hybridized carbons (Fsp3) is 0.231. The SMILES string of the molecule is CCOC(=O)c1c[nH+]c2c(ccc3ccccc32)c1NCCc1ccc(OC)c(OC)c1. The molecule has 6 heteroatoms. The van der Waals surface area contributed by atoms with Gasteiger partial charge in [0.05, 0.1) is 37.3 Å². The number of aromatic nitrogens is 1. The molecule has 0 fully saturated rings. The monoisotopic (exact) mass is 431 g/mol. The summed E-state index contributed by atoms with van der Waals surface area (Å²) in [6, 6.07) is 18.2. The Kier molecular flexibility index (Phi) is 6.40. The Bertz CT molecular complexity index is 1270. The fourth-order valence-electron chi connectivity index (χ4n) is 3.93. The first-order valence-corrected chi connectivity index (χ1v) is 10.6. The first kappa shape index (κ1) is 21.4. The van der Waals surface area contributed by atoms with E-state index < -0.39 is 0 Å². The molecule has 0 unspecified atom stereocenters. The molecule has 4 rings (SSSR count). The molecule has 6 nitrogen and oxygen atoms in total. The molecule has 0 atom stereocenters. The number of carbonyl (C=O) groups excluding carboxylic acids is 1. The van der Waals surface area contributed by atoms with Gasteiger partial charge in [-0.15, -0.1) is 0 Å². The summed E-state index contributed by atoms with van der Waals surface area (Å²) >= 11 is 0. The Morgan fingerprint density at radius 2 is 1.78 bits per heavy atom. The molecule has 4 aromatic rings. The molecule has 32 heavy (non-hydrogen) atoms. The fourth-order valence-corrected chi connectivity index (χ4v) is 3.93. The molecule has 0 aliphatic carbocycles. The van der Waals surface area contributed by atoms with E-state index in [1.165, 1.54) is 0 Å². The van der Waals surface area contributed by atoms with Gasteiger partial charge in [0.15, 0.2) is 17.7 Å². The van der Waals surface area contributed by atoms with Crippen LogP contribution < -0.4 is 19.8 Å². The van der Waals surface area contributed by atoms with Gasteiger partial charge in [-0.2, -0.15) is 0 Å². The van der Waals surface area contributed by atoms with Gasteiger partial charge in [0.1, 0.15) is 5.56 Å². The third-order valence-electron chi connectivity index (χ3n) is 5.49. The molecule has 0 amide bonds. The molecule has 1 aromatic heterocycles. The van der Waals surface area contributed by atoms with Crippen LogP contribution in [0.5, 0.6) is 11.5 Å². The van der Waals surface area contributed by atoms with E-state index >= 15 is 0 Å². The van der Waals surface area contributed by atoms with Crippen molar-refractivity contribution >= 4 is 33.3 Å². The highest BCUT2D eigenvalue weighted by atomic mass is 16.5. The minimum Gasteiger partial charge on any atom is -0.493 e. The van der Waals surface area contributed by atoms with Crippen LogP contribution in [0.15, 0.2) is 60.8 Å². The molecular weight excluding hydrogens is 404 g/mol. The molecule has 0 saturated heterocycles. The van der Waals surface area contributed by atoms with Gasteiger partial charge in [0.25, 0.3) is 0 Å². The number of hydrogen-bond acceptors (Lipinski definition) is 5. The Morgan fingerprint density at radius 1 is 0.969 bits per heavy atom. The van der Waals surface area contributed by atoms with E-state index in [1.807, 2.05) is 36.4 Å². The predicted octanol–water partition coefficient (Wildman–Crippen LogP) is 4.66. The van der Waals surface area contributed by atoms with Crippen LogP contribution in [0.2, 0.25) is 0 Å². The number of anilines is 1. The zero-order valence-corrected chi connectivity index (χ0v) is 18.5. The van der Waals surface area contributed by atoms with Crippen molar-refractivity contribution in [3.8, 4) is 11.5 Å². The van der Waals surface area contributed by atoms with Crippen molar-refractivity contribution in [2.24, 2.45) is 0 Å². The zero-order valence-electron chi connectivity index (χ0n) is 18.5. The smallest absolute Gasteiger partial charge is 0.346 e. The minimum atomic E-state index is -0.354. The van der Waals surface area contributed by atoms with Gasteiger partial charge in [-0.05, 0) is 48.6 Å². The Morgan fingerprint density at radius 3 is 2.56 bits per heavy atom. The maximum Gasteiger partial charge on any atom is 0.346 e.